The second-order valence-corrected chi connectivity index (χ2v) is 11.0. The van der Waals surface area contributed by atoms with Crippen molar-refractivity contribution < 1.29 is 32.6 Å². The Hall–Kier alpha value is -3.50. The molecule has 1 heterocycles. The van der Waals surface area contributed by atoms with Crippen molar-refractivity contribution in [2.24, 2.45) is 0 Å². The molecule has 0 bridgehead atoms. The second kappa shape index (κ2) is 16.2. The van der Waals surface area contributed by atoms with E-state index in [2.05, 4.69) is 17.2 Å². The number of methoxy groups -OCH3 is 1. The summed E-state index contributed by atoms with van der Waals surface area (Å²) in [5.41, 5.74) is -0.141. The number of nitrogens with zero attached hydrogens (tertiary/aromatic N) is 1. The maximum Gasteiger partial charge on any atom is 0.331 e. The van der Waals surface area contributed by atoms with Crippen molar-refractivity contribution >= 4 is 34.4 Å². The van der Waals surface area contributed by atoms with Gasteiger partial charge in [-0.25, -0.2) is 22.9 Å². The predicted octanol–water partition coefficient (Wildman–Crippen LogP) is 9.19. The molecule has 10 heteroatoms. The third-order valence-electron chi connectivity index (χ3n) is 7.02. The molecule has 0 fully saturated rings. The summed E-state index contributed by atoms with van der Waals surface area (Å²) in [6, 6.07) is 6.66. The highest BCUT2D eigenvalue weighted by Crippen LogP contribution is 2.33. The second-order valence-electron chi connectivity index (χ2n) is 10.2. The summed E-state index contributed by atoms with van der Waals surface area (Å²) in [6.07, 6.45) is 10.5. The predicted molar refractivity (Wildman–Crippen MR) is 160 cm³/mol. The lowest BCUT2D eigenvalue weighted by Crippen LogP contribution is -2.13. The van der Waals surface area contributed by atoms with Gasteiger partial charge in [-0.2, -0.15) is 0 Å². The van der Waals surface area contributed by atoms with Crippen molar-refractivity contribution in [3.8, 4) is 11.3 Å². The Bertz CT molecular complexity index is 1380. The van der Waals surface area contributed by atoms with Crippen LogP contribution < -0.4 is 5.32 Å². The Kier molecular flexibility index (Phi) is 12.7. The molecule has 0 radical (unpaired) electrons. The van der Waals surface area contributed by atoms with E-state index < -0.39 is 41.0 Å². The van der Waals surface area contributed by atoms with E-state index in [1.165, 1.54) is 39.0 Å². The van der Waals surface area contributed by atoms with Gasteiger partial charge in [0.05, 0.1) is 11.8 Å². The number of hydrogen-bond donors (Lipinski definition) is 2. The average molecular weight is 603 g/mol. The third-order valence-corrected chi connectivity index (χ3v) is 7.78. The minimum atomic E-state index is -1.32. The maximum atomic E-state index is 15.6. The van der Waals surface area contributed by atoms with Gasteiger partial charge in [-0.05, 0) is 37.6 Å². The van der Waals surface area contributed by atoms with Gasteiger partial charge in [0, 0.05) is 40.3 Å². The van der Waals surface area contributed by atoms with Gasteiger partial charge in [0.15, 0.2) is 5.13 Å². The minimum absolute atomic E-state index is 0.119. The number of ether oxygens (including phenoxy) is 1. The van der Waals surface area contributed by atoms with Crippen LogP contribution in [0.1, 0.15) is 99.2 Å². The van der Waals surface area contributed by atoms with Crippen LogP contribution in [0.2, 0.25) is 0 Å². The Morgan fingerprint density at radius 3 is 2.31 bits per heavy atom. The average Bonchev–Trinajstić information content (AvgIpc) is 3.42. The van der Waals surface area contributed by atoms with Crippen LogP contribution in [0.5, 0.6) is 0 Å². The van der Waals surface area contributed by atoms with Crippen molar-refractivity contribution in [1.29, 1.82) is 0 Å². The molecule has 3 aromatic rings. The summed E-state index contributed by atoms with van der Waals surface area (Å²) in [5, 5.41) is 13.1. The lowest BCUT2D eigenvalue weighted by molar-refractivity contribution is -0.132. The normalized spacial score (nSPS) is 12.4. The first-order valence-electron chi connectivity index (χ1n) is 14.1. The quantitative estimate of drug-likeness (QED) is 0.126. The number of unbranched alkanes of at least 4 members (excludes halogenated alkanes) is 7. The number of nitrogens with one attached hydrogen (secondary N) is 1. The summed E-state index contributed by atoms with van der Waals surface area (Å²) >= 11 is 1.04. The molecule has 1 aromatic heterocycles. The van der Waals surface area contributed by atoms with E-state index in [0.717, 1.165) is 48.8 Å². The molecule has 1 unspecified atom stereocenters. The molecule has 226 valence electrons. The van der Waals surface area contributed by atoms with Crippen LogP contribution in [0.3, 0.4) is 0 Å². The van der Waals surface area contributed by atoms with Crippen LogP contribution in [0.4, 0.5) is 18.3 Å². The lowest BCUT2D eigenvalue weighted by atomic mass is 9.98. The van der Waals surface area contributed by atoms with Gasteiger partial charge in [-0.15, -0.1) is 11.3 Å². The number of carbonyl (C=O) groups is 2. The summed E-state index contributed by atoms with van der Waals surface area (Å²) < 4.78 is 50.2. The van der Waals surface area contributed by atoms with Crippen LogP contribution in [0.25, 0.3) is 17.3 Å². The van der Waals surface area contributed by atoms with Crippen molar-refractivity contribution in [1.82, 2.24) is 4.98 Å². The fourth-order valence-corrected chi connectivity index (χ4v) is 5.32. The van der Waals surface area contributed by atoms with E-state index in [1.54, 1.807) is 30.7 Å². The van der Waals surface area contributed by atoms with Crippen LogP contribution in [-0.2, 0) is 9.53 Å². The van der Waals surface area contributed by atoms with Gasteiger partial charge in [0.25, 0.3) is 5.91 Å². The fourth-order valence-electron chi connectivity index (χ4n) is 4.62. The zero-order valence-corrected chi connectivity index (χ0v) is 25.0. The number of rotatable bonds is 16. The standard InChI is InChI=1S/C32H37F3N2O4S/c1-4-5-6-7-8-9-10-11-15-28(41-3)23-14-12-13-22(29(23)35)27-19-42-32(36-27)37-30(38)21-17-25(33)24(26(34)18-21)16-20(2)31(39)40/h12-14,16-19,28H,4-11,15H2,1-3H3,(H,39,40)(H,36,37,38). The maximum absolute atomic E-state index is 15.6. The van der Waals surface area contributed by atoms with E-state index in [9.17, 15) is 18.4 Å². The van der Waals surface area contributed by atoms with Crippen LogP contribution >= 0.6 is 11.3 Å². The highest BCUT2D eigenvalue weighted by atomic mass is 32.1. The number of aliphatic carboxylic acids is 1. The van der Waals surface area contributed by atoms with Crippen LogP contribution in [-0.4, -0.2) is 29.1 Å². The first-order valence-corrected chi connectivity index (χ1v) is 15.0. The molecular weight excluding hydrogens is 565 g/mol. The number of anilines is 1. The monoisotopic (exact) mass is 602 g/mol. The molecule has 3 rings (SSSR count). The zero-order chi connectivity index (χ0) is 30.6. The Morgan fingerprint density at radius 1 is 1.05 bits per heavy atom. The fraction of sp³-hybridized carbons (Fsp3) is 0.406. The van der Waals surface area contributed by atoms with Crippen molar-refractivity contribution in [3.05, 3.63) is 75.4 Å². The molecule has 42 heavy (non-hydrogen) atoms. The molecule has 2 N–H and O–H groups in total. The highest BCUT2D eigenvalue weighted by Gasteiger charge is 2.21. The lowest BCUT2D eigenvalue weighted by Gasteiger charge is -2.17. The molecule has 0 aliphatic heterocycles. The summed E-state index contributed by atoms with van der Waals surface area (Å²) in [4.78, 5) is 28.0. The van der Waals surface area contributed by atoms with Gasteiger partial charge in [-0.1, -0.05) is 70.4 Å². The van der Waals surface area contributed by atoms with Gasteiger partial charge < -0.3 is 9.84 Å². The van der Waals surface area contributed by atoms with Crippen molar-refractivity contribution in [2.45, 2.75) is 77.7 Å². The molecule has 2 aromatic carbocycles. The molecule has 0 saturated carbocycles. The SMILES string of the molecule is CCCCCCCCCCC(OC)c1cccc(-c2csc(NC(=O)c3cc(F)c(C=C(C)C(=O)O)c(F)c3)n2)c1F. The molecule has 0 aliphatic rings. The number of carboxylic acid groups (broad SMARTS) is 1. The molecule has 1 atom stereocenters. The number of hydrogen-bond acceptors (Lipinski definition) is 5. The van der Waals surface area contributed by atoms with Crippen LogP contribution in [0.15, 0.2) is 41.3 Å². The van der Waals surface area contributed by atoms with Gasteiger partial charge in [0.1, 0.15) is 17.5 Å². The number of thiazole rings is 1. The van der Waals surface area contributed by atoms with E-state index in [0.29, 0.717) is 17.7 Å². The number of benzene rings is 2. The largest absolute Gasteiger partial charge is 0.478 e. The first kappa shape index (κ1) is 33.0. The van der Waals surface area contributed by atoms with Crippen LogP contribution in [0, 0.1) is 17.5 Å². The molecule has 0 saturated heterocycles. The molecular formula is C32H37F3N2O4S. The number of carbonyl (C=O) groups excluding carboxylic acids is 1. The number of aromatic nitrogens is 1. The first-order chi connectivity index (χ1) is 20.2. The van der Waals surface area contributed by atoms with E-state index in [-0.39, 0.29) is 21.8 Å². The Labute approximate surface area is 248 Å². The number of carboxylic acids is 1. The van der Waals surface area contributed by atoms with Gasteiger partial charge in [0.2, 0.25) is 0 Å². The van der Waals surface area contributed by atoms with Crippen molar-refractivity contribution in [3.63, 3.8) is 0 Å². The zero-order valence-electron chi connectivity index (χ0n) is 24.1. The minimum Gasteiger partial charge on any atom is -0.478 e. The summed E-state index contributed by atoms with van der Waals surface area (Å²) in [6.45, 7) is 3.40. The topological polar surface area (TPSA) is 88.5 Å². The van der Waals surface area contributed by atoms with Crippen molar-refractivity contribution in [2.75, 3.05) is 12.4 Å². The third kappa shape index (κ3) is 9.00. The molecule has 6 nitrogen and oxygen atoms in total. The smallest absolute Gasteiger partial charge is 0.331 e. The van der Waals surface area contributed by atoms with Gasteiger partial charge >= 0.3 is 5.97 Å². The molecule has 0 aliphatic carbocycles. The number of halogens is 3. The van der Waals surface area contributed by atoms with E-state index in [4.69, 9.17) is 9.84 Å². The summed E-state index contributed by atoms with van der Waals surface area (Å²) in [7, 11) is 1.57. The Morgan fingerprint density at radius 2 is 1.69 bits per heavy atom. The Balaban J connectivity index is 1.67. The highest BCUT2D eigenvalue weighted by molar-refractivity contribution is 7.14. The van der Waals surface area contributed by atoms with E-state index >= 15 is 4.39 Å². The molecule has 1 amide bonds. The van der Waals surface area contributed by atoms with E-state index in [1.807, 2.05) is 0 Å². The van der Waals surface area contributed by atoms with Gasteiger partial charge in [-0.3, -0.25) is 10.1 Å². The molecule has 0 spiro atoms. The number of amides is 1. The summed E-state index contributed by atoms with van der Waals surface area (Å²) in [5.74, 6) is -4.76.